The lowest BCUT2D eigenvalue weighted by molar-refractivity contribution is -0.132. The van der Waals surface area contributed by atoms with E-state index in [4.69, 9.17) is 14.2 Å². The quantitative estimate of drug-likeness (QED) is 0.558. The van der Waals surface area contributed by atoms with Crippen molar-refractivity contribution >= 4 is 29.5 Å². The molecular formula is C19H27N3O6S. The van der Waals surface area contributed by atoms with Crippen LogP contribution in [0.4, 0.5) is 0 Å². The van der Waals surface area contributed by atoms with Crippen molar-refractivity contribution < 1.29 is 28.6 Å². The highest BCUT2D eigenvalue weighted by atomic mass is 32.2. The Morgan fingerprint density at radius 3 is 2.41 bits per heavy atom. The van der Waals surface area contributed by atoms with E-state index < -0.39 is 17.9 Å². The lowest BCUT2D eigenvalue weighted by Crippen LogP contribution is -2.48. The van der Waals surface area contributed by atoms with Crippen molar-refractivity contribution in [1.29, 1.82) is 0 Å². The molecule has 1 saturated heterocycles. The van der Waals surface area contributed by atoms with Gasteiger partial charge in [0.2, 0.25) is 11.8 Å². The normalized spacial score (nSPS) is 14.6. The Kier molecular flexibility index (Phi) is 9.58. The average Bonchev–Trinajstić information content (AvgIpc) is 2.74. The number of hydrogen-bond acceptors (Lipinski definition) is 7. The highest BCUT2D eigenvalue weighted by molar-refractivity contribution is 8.00. The van der Waals surface area contributed by atoms with E-state index in [0.29, 0.717) is 44.4 Å². The number of morpholine rings is 1. The first-order chi connectivity index (χ1) is 14.0. The Morgan fingerprint density at radius 1 is 1.10 bits per heavy atom. The van der Waals surface area contributed by atoms with Gasteiger partial charge < -0.3 is 19.1 Å². The second-order valence-corrected chi connectivity index (χ2v) is 7.17. The van der Waals surface area contributed by atoms with Gasteiger partial charge in [0.05, 0.1) is 31.3 Å². The summed E-state index contributed by atoms with van der Waals surface area (Å²) in [6.07, 6.45) is -0.802. The van der Waals surface area contributed by atoms with Gasteiger partial charge in [-0.2, -0.15) is 0 Å². The van der Waals surface area contributed by atoms with Crippen molar-refractivity contribution in [2.75, 3.05) is 44.4 Å². The third-order valence-corrected chi connectivity index (χ3v) is 4.88. The van der Waals surface area contributed by atoms with Gasteiger partial charge in [-0.3, -0.25) is 25.2 Å². The van der Waals surface area contributed by atoms with Crippen LogP contribution in [0, 0.1) is 0 Å². The molecule has 0 radical (unpaired) electrons. The van der Waals surface area contributed by atoms with E-state index in [1.807, 2.05) is 6.92 Å². The Labute approximate surface area is 174 Å². The monoisotopic (exact) mass is 425 g/mol. The fourth-order valence-corrected chi connectivity index (χ4v) is 3.16. The number of thioether (sulfide) groups is 1. The van der Waals surface area contributed by atoms with E-state index in [9.17, 15) is 14.4 Å². The SMILES string of the molecule is CCOc1ccc(OC(C)C(=O)NNC(=O)CSCC(=O)N2CCOCC2)cc1. The first-order valence-electron chi connectivity index (χ1n) is 9.41. The molecule has 1 aromatic rings. The zero-order chi connectivity index (χ0) is 21.1. The van der Waals surface area contributed by atoms with Crippen LogP contribution in [0.25, 0.3) is 0 Å². The van der Waals surface area contributed by atoms with Crippen LogP contribution in [0.15, 0.2) is 24.3 Å². The van der Waals surface area contributed by atoms with Gasteiger partial charge in [0.15, 0.2) is 6.10 Å². The number of hydrogen-bond donors (Lipinski definition) is 2. The van der Waals surface area contributed by atoms with Gasteiger partial charge in [-0.15, -0.1) is 11.8 Å². The molecule has 9 nitrogen and oxygen atoms in total. The minimum atomic E-state index is -0.802. The summed E-state index contributed by atoms with van der Waals surface area (Å²) in [5.74, 6) is 0.595. The summed E-state index contributed by atoms with van der Waals surface area (Å²) in [6, 6.07) is 6.91. The number of carbonyl (C=O) groups is 3. The van der Waals surface area contributed by atoms with Crippen molar-refractivity contribution in [2.24, 2.45) is 0 Å². The molecule has 0 aliphatic carbocycles. The summed E-state index contributed by atoms with van der Waals surface area (Å²) < 4.78 is 16.1. The van der Waals surface area contributed by atoms with Crippen LogP contribution in [-0.2, 0) is 19.1 Å². The van der Waals surface area contributed by atoms with E-state index in [-0.39, 0.29) is 17.4 Å². The topological polar surface area (TPSA) is 106 Å². The summed E-state index contributed by atoms with van der Waals surface area (Å²) in [5, 5.41) is 0. The highest BCUT2D eigenvalue weighted by Crippen LogP contribution is 2.18. The minimum absolute atomic E-state index is 0.0208. The van der Waals surface area contributed by atoms with E-state index >= 15 is 0 Å². The predicted octanol–water partition coefficient (Wildman–Crippen LogP) is 0.592. The molecule has 0 bridgehead atoms. The molecule has 1 atom stereocenters. The van der Waals surface area contributed by atoms with Crippen LogP contribution in [0.3, 0.4) is 0 Å². The molecular weight excluding hydrogens is 398 g/mol. The first-order valence-corrected chi connectivity index (χ1v) is 10.6. The van der Waals surface area contributed by atoms with Gasteiger partial charge in [-0.1, -0.05) is 0 Å². The fraction of sp³-hybridized carbons (Fsp3) is 0.526. The first kappa shape index (κ1) is 22.8. The summed E-state index contributed by atoms with van der Waals surface area (Å²) in [5.41, 5.74) is 4.65. The molecule has 1 aliphatic rings. The maximum atomic E-state index is 12.1. The Balaban J connectivity index is 1.62. The van der Waals surface area contributed by atoms with Gasteiger partial charge in [-0.05, 0) is 38.1 Å². The molecule has 2 N–H and O–H groups in total. The fourth-order valence-electron chi connectivity index (χ4n) is 2.44. The molecule has 3 amide bonds. The van der Waals surface area contributed by atoms with Crippen LogP contribution >= 0.6 is 11.8 Å². The molecule has 160 valence electrons. The maximum Gasteiger partial charge on any atom is 0.279 e. The molecule has 0 saturated carbocycles. The summed E-state index contributed by atoms with van der Waals surface area (Å²) >= 11 is 1.19. The van der Waals surface area contributed by atoms with Crippen molar-refractivity contribution in [3.63, 3.8) is 0 Å². The van der Waals surface area contributed by atoms with Crippen LogP contribution in [0.5, 0.6) is 11.5 Å². The Morgan fingerprint density at radius 2 is 1.76 bits per heavy atom. The number of ether oxygens (including phenoxy) is 3. The van der Waals surface area contributed by atoms with Crippen molar-refractivity contribution in [3.05, 3.63) is 24.3 Å². The summed E-state index contributed by atoms with van der Waals surface area (Å²) in [4.78, 5) is 37.6. The number of nitrogens with zero attached hydrogens (tertiary/aromatic N) is 1. The van der Waals surface area contributed by atoms with Gasteiger partial charge in [-0.25, -0.2) is 0 Å². The maximum absolute atomic E-state index is 12.1. The largest absolute Gasteiger partial charge is 0.494 e. The minimum Gasteiger partial charge on any atom is -0.494 e. The molecule has 1 heterocycles. The molecule has 2 rings (SSSR count). The number of amides is 3. The van der Waals surface area contributed by atoms with Crippen LogP contribution in [0.1, 0.15) is 13.8 Å². The molecule has 29 heavy (non-hydrogen) atoms. The average molecular weight is 426 g/mol. The van der Waals surface area contributed by atoms with Crippen LogP contribution in [0.2, 0.25) is 0 Å². The molecule has 1 aromatic carbocycles. The standard InChI is InChI=1S/C19H27N3O6S/c1-3-27-15-4-6-16(7-5-15)28-14(2)19(25)21-20-17(23)12-29-13-18(24)22-8-10-26-11-9-22/h4-7,14H,3,8-13H2,1-2H3,(H,20,23)(H,21,25). The van der Waals surface area contributed by atoms with Crippen molar-refractivity contribution in [2.45, 2.75) is 20.0 Å². The van der Waals surface area contributed by atoms with E-state index in [1.165, 1.54) is 11.8 Å². The van der Waals surface area contributed by atoms with Crippen molar-refractivity contribution in [3.8, 4) is 11.5 Å². The molecule has 1 aliphatic heterocycles. The summed E-state index contributed by atoms with van der Waals surface area (Å²) in [7, 11) is 0. The summed E-state index contributed by atoms with van der Waals surface area (Å²) in [6.45, 7) is 6.28. The van der Waals surface area contributed by atoms with E-state index in [0.717, 1.165) is 0 Å². The second-order valence-electron chi connectivity index (χ2n) is 6.19. The molecule has 10 heteroatoms. The Hall–Kier alpha value is -2.46. The molecule has 1 fully saturated rings. The van der Waals surface area contributed by atoms with Crippen LogP contribution < -0.4 is 20.3 Å². The van der Waals surface area contributed by atoms with Crippen LogP contribution in [-0.4, -0.2) is 73.1 Å². The number of nitrogens with one attached hydrogen (secondary N) is 2. The lowest BCUT2D eigenvalue weighted by atomic mass is 10.3. The Bertz CT molecular complexity index is 679. The third-order valence-electron chi connectivity index (χ3n) is 3.96. The number of rotatable bonds is 9. The molecule has 1 unspecified atom stereocenters. The lowest BCUT2D eigenvalue weighted by Gasteiger charge is -2.26. The van der Waals surface area contributed by atoms with E-state index in [2.05, 4.69) is 10.9 Å². The van der Waals surface area contributed by atoms with Crippen molar-refractivity contribution in [1.82, 2.24) is 15.8 Å². The van der Waals surface area contributed by atoms with Gasteiger partial charge in [0.25, 0.3) is 5.91 Å². The van der Waals surface area contributed by atoms with Gasteiger partial charge in [0.1, 0.15) is 11.5 Å². The van der Waals surface area contributed by atoms with E-state index in [1.54, 1.807) is 36.1 Å². The number of benzene rings is 1. The second kappa shape index (κ2) is 12.2. The zero-order valence-corrected chi connectivity index (χ0v) is 17.5. The zero-order valence-electron chi connectivity index (χ0n) is 16.6. The molecule has 0 aromatic heterocycles. The third kappa shape index (κ3) is 8.20. The number of hydrazine groups is 1. The highest BCUT2D eigenvalue weighted by Gasteiger charge is 2.18. The van der Waals surface area contributed by atoms with Gasteiger partial charge in [0, 0.05) is 13.1 Å². The number of carbonyl (C=O) groups excluding carboxylic acids is 3. The smallest absolute Gasteiger partial charge is 0.279 e. The van der Waals surface area contributed by atoms with Gasteiger partial charge >= 0.3 is 0 Å². The predicted molar refractivity (Wildman–Crippen MR) is 109 cm³/mol. The molecule has 0 spiro atoms.